The summed E-state index contributed by atoms with van der Waals surface area (Å²) in [5, 5.41) is 0.258. The summed E-state index contributed by atoms with van der Waals surface area (Å²) in [5.74, 6) is 0.680. The Kier molecular flexibility index (Phi) is 3.02. The molecule has 0 bridgehead atoms. The zero-order chi connectivity index (χ0) is 10.8. The SMILES string of the molecule is CN(C)C1CCN(c2ncnc(Cl)n2)C1. The van der Waals surface area contributed by atoms with E-state index in [4.69, 9.17) is 11.6 Å². The van der Waals surface area contributed by atoms with Crippen molar-refractivity contribution < 1.29 is 0 Å². The number of anilines is 1. The van der Waals surface area contributed by atoms with Crippen LogP contribution < -0.4 is 4.90 Å². The number of aromatic nitrogens is 3. The molecule has 1 aliphatic rings. The molecular weight excluding hydrogens is 214 g/mol. The van der Waals surface area contributed by atoms with E-state index in [0.29, 0.717) is 12.0 Å². The molecule has 1 aromatic heterocycles. The van der Waals surface area contributed by atoms with Gasteiger partial charge in [0, 0.05) is 19.1 Å². The quantitative estimate of drug-likeness (QED) is 0.743. The molecule has 2 heterocycles. The molecule has 6 heteroatoms. The molecule has 1 saturated heterocycles. The summed E-state index contributed by atoms with van der Waals surface area (Å²) in [7, 11) is 4.18. The van der Waals surface area contributed by atoms with E-state index < -0.39 is 0 Å². The molecule has 0 aliphatic carbocycles. The number of nitrogens with zero attached hydrogens (tertiary/aromatic N) is 5. The van der Waals surface area contributed by atoms with Crippen molar-refractivity contribution in [3.05, 3.63) is 11.6 Å². The Labute approximate surface area is 94.1 Å². The summed E-state index contributed by atoms with van der Waals surface area (Å²) in [6.07, 6.45) is 2.59. The van der Waals surface area contributed by atoms with Crippen LogP contribution in [0.1, 0.15) is 6.42 Å². The molecule has 1 atom stereocenters. The minimum absolute atomic E-state index is 0.258. The average Bonchev–Trinajstić information content (AvgIpc) is 2.66. The van der Waals surface area contributed by atoms with E-state index in [1.54, 1.807) is 0 Å². The van der Waals surface area contributed by atoms with E-state index in [-0.39, 0.29) is 5.28 Å². The molecule has 15 heavy (non-hydrogen) atoms. The van der Waals surface area contributed by atoms with E-state index in [9.17, 15) is 0 Å². The molecule has 0 N–H and O–H groups in total. The smallest absolute Gasteiger partial charge is 0.229 e. The Balaban J connectivity index is 2.08. The second-order valence-corrected chi connectivity index (χ2v) is 4.24. The maximum Gasteiger partial charge on any atom is 0.229 e. The van der Waals surface area contributed by atoms with E-state index in [1.807, 2.05) is 0 Å². The summed E-state index contributed by atoms with van der Waals surface area (Å²) in [6.45, 7) is 1.93. The fourth-order valence-corrected chi connectivity index (χ4v) is 1.88. The van der Waals surface area contributed by atoms with Crippen molar-refractivity contribution in [3.63, 3.8) is 0 Å². The van der Waals surface area contributed by atoms with Gasteiger partial charge in [-0.05, 0) is 32.1 Å². The first-order valence-electron chi connectivity index (χ1n) is 4.92. The minimum Gasteiger partial charge on any atom is -0.339 e. The molecule has 82 valence electrons. The van der Waals surface area contributed by atoms with Gasteiger partial charge in [-0.2, -0.15) is 4.98 Å². The van der Waals surface area contributed by atoms with Gasteiger partial charge in [-0.15, -0.1) is 0 Å². The highest BCUT2D eigenvalue weighted by atomic mass is 35.5. The molecule has 0 saturated carbocycles. The van der Waals surface area contributed by atoms with Crippen molar-refractivity contribution in [2.45, 2.75) is 12.5 Å². The molecule has 1 aliphatic heterocycles. The van der Waals surface area contributed by atoms with Gasteiger partial charge in [0.05, 0.1) is 0 Å². The third-order valence-corrected chi connectivity index (χ3v) is 2.89. The van der Waals surface area contributed by atoms with Gasteiger partial charge in [0.1, 0.15) is 6.33 Å². The highest BCUT2D eigenvalue weighted by Crippen LogP contribution is 2.18. The molecule has 5 nitrogen and oxygen atoms in total. The van der Waals surface area contributed by atoms with Crippen LogP contribution >= 0.6 is 11.6 Å². The van der Waals surface area contributed by atoms with Gasteiger partial charge in [0.15, 0.2) is 0 Å². The first kappa shape index (κ1) is 10.6. The second-order valence-electron chi connectivity index (χ2n) is 3.91. The molecule has 1 aromatic rings. The maximum absolute atomic E-state index is 5.72. The lowest BCUT2D eigenvalue weighted by Crippen LogP contribution is -2.32. The van der Waals surface area contributed by atoms with Crippen molar-refractivity contribution in [2.75, 3.05) is 32.1 Å². The molecule has 1 fully saturated rings. The fraction of sp³-hybridized carbons (Fsp3) is 0.667. The van der Waals surface area contributed by atoms with Gasteiger partial charge >= 0.3 is 0 Å². The molecule has 2 rings (SSSR count). The van der Waals surface area contributed by atoms with E-state index in [1.165, 1.54) is 6.33 Å². The lowest BCUT2D eigenvalue weighted by Gasteiger charge is -2.20. The van der Waals surface area contributed by atoms with Gasteiger partial charge in [-0.1, -0.05) is 0 Å². The first-order chi connectivity index (χ1) is 7.16. The van der Waals surface area contributed by atoms with E-state index in [0.717, 1.165) is 19.5 Å². The van der Waals surface area contributed by atoms with Gasteiger partial charge in [-0.25, -0.2) is 9.97 Å². The van der Waals surface area contributed by atoms with Gasteiger partial charge in [0.25, 0.3) is 0 Å². The summed E-state index contributed by atoms with van der Waals surface area (Å²) < 4.78 is 0. The molecule has 0 amide bonds. The monoisotopic (exact) mass is 227 g/mol. The number of likely N-dealkylation sites (N-methyl/N-ethyl adjacent to an activating group) is 1. The fourth-order valence-electron chi connectivity index (χ4n) is 1.77. The summed E-state index contributed by atoms with van der Waals surface area (Å²) in [4.78, 5) is 16.3. The molecule has 1 unspecified atom stereocenters. The molecule has 0 aromatic carbocycles. The number of halogens is 1. The van der Waals surface area contributed by atoms with Gasteiger partial charge in [0.2, 0.25) is 11.2 Å². The zero-order valence-electron chi connectivity index (χ0n) is 8.89. The summed E-state index contributed by atoms with van der Waals surface area (Å²) in [6, 6.07) is 0.570. The highest BCUT2D eigenvalue weighted by molar-refractivity contribution is 6.28. The van der Waals surface area contributed by atoms with Crippen molar-refractivity contribution in [1.29, 1.82) is 0 Å². The second kappa shape index (κ2) is 4.28. The largest absolute Gasteiger partial charge is 0.339 e. The van der Waals surface area contributed by atoms with E-state index >= 15 is 0 Å². The normalized spacial score (nSPS) is 21.3. The first-order valence-corrected chi connectivity index (χ1v) is 5.30. The van der Waals surface area contributed by atoms with E-state index in [2.05, 4.69) is 38.8 Å². The maximum atomic E-state index is 5.72. The number of rotatable bonds is 2. The predicted octanol–water partition coefficient (Wildman–Crippen LogP) is 0.665. The number of hydrogen-bond acceptors (Lipinski definition) is 5. The van der Waals surface area contributed by atoms with Crippen molar-refractivity contribution in [1.82, 2.24) is 19.9 Å². The van der Waals surface area contributed by atoms with Crippen LogP contribution in [0, 0.1) is 0 Å². The Morgan fingerprint density at radius 3 is 2.87 bits per heavy atom. The Morgan fingerprint density at radius 2 is 2.27 bits per heavy atom. The average molecular weight is 228 g/mol. The highest BCUT2D eigenvalue weighted by Gasteiger charge is 2.25. The predicted molar refractivity (Wildman–Crippen MR) is 59.1 cm³/mol. The molecule has 0 spiro atoms. The summed E-state index contributed by atoms with van der Waals surface area (Å²) in [5.41, 5.74) is 0. The Morgan fingerprint density at radius 1 is 1.47 bits per heavy atom. The number of hydrogen-bond donors (Lipinski definition) is 0. The topological polar surface area (TPSA) is 45.2 Å². The van der Waals surface area contributed by atoms with Crippen LogP contribution in [0.2, 0.25) is 5.28 Å². The standard InChI is InChI=1S/C9H14ClN5/c1-14(2)7-3-4-15(5-7)9-12-6-11-8(10)13-9/h6-7H,3-5H2,1-2H3. The molecule has 0 radical (unpaired) electrons. The van der Waals surface area contributed by atoms with Crippen molar-refractivity contribution in [2.24, 2.45) is 0 Å². The Bertz CT molecular complexity index is 343. The lowest BCUT2D eigenvalue weighted by molar-refractivity contribution is 0.315. The van der Waals surface area contributed by atoms with Crippen LogP contribution in [-0.4, -0.2) is 53.1 Å². The molecular formula is C9H14ClN5. The Hall–Kier alpha value is -0.940. The van der Waals surface area contributed by atoms with Crippen LogP contribution in [0.5, 0.6) is 0 Å². The van der Waals surface area contributed by atoms with Crippen molar-refractivity contribution in [3.8, 4) is 0 Å². The van der Waals surface area contributed by atoms with Crippen LogP contribution in [0.4, 0.5) is 5.95 Å². The zero-order valence-corrected chi connectivity index (χ0v) is 9.65. The third kappa shape index (κ3) is 2.35. The van der Waals surface area contributed by atoms with Crippen molar-refractivity contribution >= 4 is 17.5 Å². The third-order valence-electron chi connectivity index (χ3n) is 2.71. The van der Waals surface area contributed by atoms with Gasteiger partial charge < -0.3 is 9.80 Å². The van der Waals surface area contributed by atoms with Gasteiger partial charge in [-0.3, -0.25) is 0 Å². The minimum atomic E-state index is 0.258. The van der Waals surface area contributed by atoms with Crippen LogP contribution in [0.15, 0.2) is 6.33 Å². The summed E-state index contributed by atoms with van der Waals surface area (Å²) >= 11 is 5.72. The lowest BCUT2D eigenvalue weighted by atomic mass is 10.2. The van der Waals surface area contributed by atoms with Crippen LogP contribution in [-0.2, 0) is 0 Å². The van der Waals surface area contributed by atoms with Crippen LogP contribution in [0.3, 0.4) is 0 Å². The van der Waals surface area contributed by atoms with Crippen LogP contribution in [0.25, 0.3) is 0 Å².